The molecule has 1 aliphatic heterocycles. The van der Waals surface area contributed by atoms with Crippen molar-refractivity contribution in [1.82, 2.24) is 10.2 Å². The highest BCUT2D eigenvalue weighted by Gasteiger charge is 2.43. The summed E-state index contributed by atoms with van der Waals surface area (Å²) in [6, 6.07) is 0. The summed E-state index contributed by atoms with van der Waals surface area (Å²) in [7, 11) is 0. The fourth-order valence-corrected chi connectivity index (χ4v) is 1.96. The van der Waals surface area contributed by atoms with Crippen LogP contribution in [0.15, 0.2) is 0 Å². The van der Waals surface area contributed by atoms with Crippen molar-refractivity contribution in [1.29, 1.82) is 0 Å². The number of rotatable bonds is 4. The predicted octanol–water partition coefficient (Wildman–Crippen LogP) is 0.462. The second kappa shape index (κ2) is 5.13. The van der Waals surface area contributed by atoms with E-state index in [9.17, 15) is 22.8 Å². The van der Waals surface area contributed by atoms with Crippen LogP contribution in [-0.4, -0.2) is 54.2 Å². The molecule has 1 aliphatic rings. The zero-order valence-electron chi connectivity index (χ0n) is 9.88. The van der Waals surface area contributed by atoms with Crippen molar-refractivity contribution in [2.75, 3.05) is 26.2 Å². The van der Waals surface area contributed by atoms with E-state index >= 15 is 0 Å². The first-order chi connectivity index (χ1) is 8.14. The van der Waals surface area contributed by atoms with Gasteiger partial charge < -0.3 is 15.3 Å². The average Bonchev–Trinajstić information content (AvgIpc) is 2.61. The van der Waals surface area contributed by atoms with Crippen molar-refractivity contribution >= 4 is 11.9 Å². The second-order valence-corrected chi connectivity index (χ2v) is 4.66. The summed E-state index contributed by atoms with van der Waals surface area (Å²) in [6.07, 6.45) is -4.20. The maximum Gasteiger partial charge on any atom is 0.406 e. The van der Waals surface area contributed by atoms with Crippen molar-refractivity contribution < 1.29 is 27.9 Å². The first-order valence-electron chi connectivity index (χ1n) is 5.43. The van der Waals surface area contributed by atoms with Crippen LogP contribution in [0.25, 0.3) is 0 Å². The molecule has 0 saturated carbocycles. The van der Waals surface area contributed by atoms with Crippen LogP contribution < -0.4 is 5.32 Å². The smallest absolute Gasteiger partial charge is 0.406 e. The molecule has 0 aromatic rings. The quantitative estimate of drug-likeness (QED) is 0.777. The Morgan fingerprint density at radius 2 is 2.06 bits per heavy atom. The monoisotopic (exact) mass is 268 g/mol. The van der Waals surface area contributed by atoms with Crippen molar-refractivity contribution in [3.05, 3.63) is 0 Å². The van der Waals surface area contributed by atoms with E-state index in [4.69, 9.17) is 5.11 Å². The van der Waals surface area contributed by atoms with E-state index in [-0.39, 0.29) is 6.54 Å². The van der Waals surface area contributed by atoms with E-state index in [0.717, 1.165) is 0 Å². The van der Waals surface area contributed by atoms with Crippen molar-refractivity contribution in [2.45, 2.75) is 19.5 Å². The van der Waals surface area contributed by atoms with Gasteiger partial charge in [0, 0.05) is 6.54 Å². The van der Waals surface area contributed by atoms with Gasteiger partial charge in [-0.25, -0.2) is 0 Å². The average molecular weight is 268 g/mol. The normalized spacial score (nSPS) is 24.0. The fraction of sp³-hybridized carbons (Fsp3) is 0.800. The largest absolute Gasteiger partial charge is 0.480 e. The third-order valence-electron chi connectivity index (χ3n) is 2.87. The van der Waals surface area contributed by atoms with Crippen LogP contribution in [0.4, 0.5) is 13.2 Å². The Bertz CT molecular complexity index is 338. The van der Waals surface area contributed by atoms with Crippen LogP contribution in [0.1, 0.15) is 13.3 Å². The number of aliphatic carboxylic acids is 1. The molecule has 1 amide bonds. The molecule has 2 N–H and O–H groups in total. The summed E-state index contributed by atoms with van der Waals surface area (Å²) >= 11 is 0. The van der Waals surface area contributed by atoms with Gasteiger partial charge in [-0.2, -0.15) is 13.2 Å². The Morgan fingerprint density at radius 3 is 2.44 bits per heavy atom. The molecule has 0 aliphatic carbocycles. The third-order valence-corrected chi connectivity index (χ3v) is 2.87. The Balaban J connectivity index is 2.81. The highest BCUT2D eigenvalue weighted by atomic mass is 19.4. The Labute approximate surface area is 102 Å². The molecule has 104 valence electrons. The van der Waals surface area contributed by atoms with E-state index in [0.29, 0.717) is 17.9 Å². The lowest BCUT2D eigenvalue weighted by atomic mass is 9.88. The molecule has 1 heterocycles. The van der Waals surface area contributed by atoms with Gasteiger partial charge in [0.1, 0.15) is 13.1 Å². The summed E-state index contributed by atoms with van der Waals surface area (Å²) in [6.45, 7) is -0.128. The standard InChI is InChI=1S/C10H15F3N2O3/c1-9(2-3-14-5-9)8(18)15(4-7(16)17)6-10(11,12)13/h14H,2-6H2,1H3,(H,16,17). The van der Waals surface area contributed by atoms with Gasteiger partial charge in [0.15, 0.2) is 0 Å². The minimum atomic E-state index is -4.60. The summed E-state index contributed by atoms with van der Waals surface area (Å²) < 4.78 is 37.0. The van der Waals surface area contributed by atoms with E-state index in [1.807, 2.05) is 0 Å². The van der Waals surface area contributed by atoms with Crippen LogP contribution in [0, 0.1) is 5.41 Å². The number of nitrogens with zero attached hydrogens (tertiary/aromatic N) is 1. The predicted molar refractivity (Wildman–Crippen MR) is 55.9 cm³/mol. The van der Waals surface area contributed by atoms with Crippen LogP contribution in [0.2, 0.25) is 0 Å². The molecular weight excluding hydrogens is 253 g/mol. The van der Waals surface area contributed by atoms with Crippen LogP contribution in [0.5, 0.6) is 0 Å². The van der Waals surface area contributed by atoms with E-state index in [1.54, 1.807) is 6.92 Å². The van der Waals surface area contributed by atoms with Gasteiger partial charge in [0.25, 0.3) is 0 Å². The number of carbonyl (C=O) groups excluding carboxylic acids is 1. The molecule has 1 atom stereocenters. The maximum atomic E-state index is 12.3. The molecule has 0 bridgehead atoms. The zero-order chi connectivity index (χ0) is 14.0. The maximum absolute atomic E-state index is 12.3. The molecule has 0 spiro atoms. The molecule has 0 aromatic carbocycles. The number of halogens is 3. The Morgan fingerprint density at radius 1 is 1.44 bits per heavy atom. The third kappa shape index (κ3) is 3.86. The topological polar surface area (TPSA) is 69.6 Å². The molecule has 1 fully saturated rings. The Hall–Kier alpha value is -1.31. The first kappa shape index (κ1) is 14.7. The van der Waals surface area contributed by atoms with E-state index in [1.165, 1.54) is 0 Å². The summed E-state index contributed by atoms with van der Waals surface area (Å²) in [5.41, 5.74) is -0.958. The number of carboxylic acids is 1. The highest BCUT2D eigenvalue weighted by Crippen LogP contribution is 2.28. The van der Waals surface area contributed by atoms with Gasteiger partial charge in [0.05, 0.1) is 5.41 Å². The van der Waals surface area contributed by atoms with Gasteiger partial charge in [-0.3, -0.25) is 9.59 Å². The number of alkyl halides is 3. The van der Waals surface area contributed by atoms with Crippen LogP contribution >= 0.6 is 0 Å². The summed E-state index contributed by atoms with van der Waals surface area (Å²) in [5, 5.41) is 11.5. The molecule has 0 radical (unpaired) electrons. The van der Waals surface area contributed by atoms with Gasteiger partial charge in [-0.1, -0.05) is 0 Å². The fourth-order valence-electron chi connectivity index (χ4n) is 1.96. The number of carboxylic acid groups (broad SMARTS) is 1. The molecule has 1 unspecified atom stereocenters. The number of hydrogen-bond acceptors (Lipinski definition) is 3. The SMILES string of the molecule is CC1(C(=O)N(CC(=O)O)CC(F)(F)F)CCNC1. The first-order valence-corrected chi connectivity index (χ1v) is 5.43. The van der Waals surface area contributed by atoms with E-state index in [2.05, 4.69) is 5.32 Å². The number of nitrogens with one attached hydrogen (secondary N) is 1. The molecular formula is C10H15F3N2O3. The second-order valence-electron chi connectivity index (χ2n) is 4.66. The van der Waals surface area contributed by atoms with Crippen LogP contribution in [-0.2, 0) is 9.59 Å². The summed E-state index contributed by atoms with van der Waals surface area (Å²) in [5.74, 6) is -2.23. The van der Waals surface area contributed by atoms with E-state index < -0.39 is 36.6 Å². The minimum Gasteiger partial charge on any atom is -0.480 e. The lowest BCUT2D eigenvalue weighted by Crippen LogP contribution is -2.49. The lowest BCUT2D eigenvalue weighted by Gasteiger charge is -2.30. The van der Waals surface area contributed by atoms with Gasteiger partial charge in [-0.15, -0.1) is 0 Å². The van der Waals surface area contributed by atoms with Crippen molar-refractivity contribution in [2.24, 2.45) is 5.41 Å². The summed E-state index contributed by atoms with van der Waals surface area (Å²) in [4.78, 5) is 22.9. The molecule has 18 heavy (non-hydrogen) atoms. The molecule has 1 rings (SSSR count). The number of amides is 1. The molecule has 0 aromatic heterocycles. The van der Waals surface area contributed by atoms with Crippen LogP contribution in [0.3, 0.4) is 0 Å². The minimum absolute atomic E-state index is 0.264. The molecule has 8 heteroatoms. The van der Waals surface area contributed by atoms with Gasteiger partial charge in [0.2, 0.25) is 5.91 Å². The molecule has 1 saturated heterocycles. The molecule has 5 nitrogen and oxygen atoms in total. The number of carbonyl (C=O) groups is 2. The highest BCUT2D eigenvalue weighted by molar-refractivity contribution is 5.86. The van der Waals surface area contributed by atoms with Crippen molar-refractivity contribution in [3.63, 3.8) is 0 Å². The van der Waals surface area contributed by atoms with Gasteiger partial charge >= 0.3 is 12.1 Å². The van der Waals surface area contributed by atoms with Crippen molar-refractivity contribution in [3.8, 4) is 0 Å². The lowest BCUT2D eigenvalue weighted by molar-refractivity contribution is -0.170. The number of hydrogen-bond donors (Lipinski definition) is 2. The zero-order valence-corrected chi connectivity index (χ0v) is 9.88. The Kier molecular flexibility index (Phi) is 4.20. The van der Waals surface area contributed by atoms with Gasteiger partial charge in [-0.05, 0) is 19.9 Å².